The third-order valence-electron chi connectivity index (χ3n) is 2.59. The normalized spacial score (nSPS) is 10.8. The maximum Gasteiger partial charge on any atom is 0.180 e. The molecule has 17 heavy (non-hydrogen) atoms. The molecule has 0 aromatic carbocycles. The third-order valence-corrected chi connectivity index (χ3v) is 2.85. The zero-order valence-corrected chi connectivity index (χ0v) is 12.0. The quantitative estimate of drug-likeness (QED) is 0.429. The van der Waals surface area contributed by atoms with Crippen molar-refractivity contribution in [1.82, 2.24) is 10.2 Å². The molecule has 0 unspecified atom stereocenters. The van der Waals surface area contributed by atoms with Crippen LogP contribution in [0.3, 0.4) is 0 Å². The molecule has 4 heteroatoms. The zero-order valence-electron chi connectivity index (χ0n) is 11.2. The first-order valence-corrected chi connectivity index (χ1v) is 7.12. The standard InChI is InChI=1S/C13H26N2OS/c1-3-8-15(9-4-2)10-6-5-7-14-11-13(16)12-17/h12,14H,3-11H2,1-2H3. The van der Waals surface area contributed by atoms with Crippen LogP contribution in [-0.2, 0) is 4.79 Å². The summed E-state index contributed by atoms with van der Waals surface area (Å²) in [5.74, 6) is -0.00130. The molecular formula is C13H26N2OS. The highest BCUT2D eigenvalue weighted by molar-refractivity contribution is 7.80. The van der Waals surface area contributed by atoms with Gasteiger partial charge in [-0.25, -0.2) is 0 Å². The van der Waals surface area contributed by atoms with E-state index in [-0.39, 0.29) is 5.78 Å². The predicted molar refractivity (Wildman–Crippen MR) is 77.8 cm³/mol. The number of hydrogen-bond donors (Lipinski definition) is 1. The lowest BCUT2D eigenvalue weighted by Crippen LogP contribution is -2.28. The summed E-state index contributed by atoms with van der Waals surface area (Å²) < 4.78 is 0. The highest BCUT2D eigenvalue weighted by atomic mass is 32.1. The first kappa shape index (κ1) is 16.7. The smallest absolute Gasteiger partial charge is 0.180 e. The van der Waals surface area contributed by atoms with Crippen LogP contribution in [-0.4, -0.2) is 48.8 Å². The first-order chi connectivity index (χ1) is 8.24. The second-order valence-electron chi connectivity index (χ2n) is 4.31. The SMILES string of the molecule is CCCN(CCC)CCCCNCC(=O)C=S. The Hall–Kier alpha value is -0.320. The monoisotopic (exact) mass is 258 g/mol. The summed E-state index contributed by atoms with van der Waals surface area (Å²) >= 11 is 4.55. The molecule has 0 aliphatic rings. The van der Waals surface area contributed by atoms with Crippen molar-refractivity contribution in [2.24, 2.45) is 0 Å². The van der Waals surface area contributed by atoms with Gasteiger partial charge in [0, 0.05) is 5.37 Å². The van der Waals surface area contributed by atoms with Gasteiger partial charge >= 0.3 is 0 Å². The fraction of sp³-hybridized carbons (Fsp3) is 0.846. The van der Waals surface area contributed by atoms with Crippen molar-refractivity contribution >= 4 is 23.4 Å². The lowest BCUT2D eigenvalue weighted by molar-refractivity contribution is -0.111. The molecule has 0 saturated heterocycles. The van der Waals surface area contributed by atoms with Gasteiger partial charge in [-0.3, -0.25) is 4.79 Å². The van der Waals surface area contributed by atoms with Crippen molar-refractivity contribution in [2.75, 3.05) is 32.7 Å². The molecule has 0 spiro atoms. The molecule has 1 N–H and O–H groups in total. The van der Waals surface area contributed by atoms with Gasteiger partial charge in [-0.2, -0.15) is 0 Å². The van der Waals surface area contributed by atoms with Crippen LogP contribution in [0.4, 0.5) is 0 Å². The highest BCUT2D eigenvalue weighted by Gasteiger charge is 2.01. The summed E-state index contributed by atoms with van der Waals surface area (Å²) in [4.78, 5) is 13.4. The average molecular weight is 258 g/mol. The molecular weight excluding hydrogens is 232 g/mol. The topological polar surface area (TPSA) is 32.3 Å². The van der Waals surface area contributed by atoms with Crippen LogP contribution in [0.2, 0.25) is 0 Å². The summed E-state index contributed by atoms with van der Waals surface area (Å²) in [6.07, 6.45) is 4.76. The Morgan fingerprint density at radius 2 is 1.82 bits per heavy atom. The van der Waals surface area contributed by atoms with Crippen LogP contribution >= 0.6 is 12.2 Å². The number of carbonyl (C=O) groups is 1. The molecule has 0 heterocycles. The fourth-order valence-electron chi connectivity index (χ4n) is 1.81. The van der Waals surface area contributed by atoms with E-state index in [4.69, 9.17) is 0 Å². The van der Waals surface area contributed by atoms with Crippen LogP contribution in [0, 0.1) is 0 Å². The van der Waals surface area contributed by atoms with E-state index in [0.29, 0.717) is 6.54 Å². The van der Waals surface area contributed by atoms with Crippen LogP contribution in [0.5, 0.6) is 0 Å². The second-order valence-corrected chi connectivity index (χ2v) is 4.55. The predicted octanol–water partition coefficient (Wildman–Crippen LogP) is 2.05. The van der Waals surface area contributed by atoms with Crippen molar-refractivity contribution < 1.29 is 4.79 Å². The van der Waals surface area contributed by atoms with Crippen LogP contribution < -0.4 is 5.32 Å². The van der Waals surface area contributed by atoms with Gasteiger partial charge in [0.15, 0.2) is 5.78 Å². The van der Waals surface area contributed by atoms with E-state index in [1.807, 2.05) is 0 Å². The summed E-state index contributed by atoms with van der Waals surface area (Å²) in [6, 6.07) is 0. The van der Waals surface area contributed by atoms with Crippen molar-refractivity contribution in [3.05, 3.63) is 0 Å². The number of nitrogens with one attached hydrogen (secondary N) is 1. The minimum atomic E-state index is -0.00130. The molecule has 3 nitrogen and oxygen atoms in total. The van der Waals surface area contributed by atoms with Gasteiger partial charge in [0.1, 0.15) is 0 Å². The largest absolute Gasteiger partial charge is 0.310 e. The van der Waals surface area contributed by atoms with E-state index in [1.165, 1.54) is 44.3 Å². The van der Waals surface area contributed by atoms with Gasteiger partial charge in [-0.05, 0) is 51.9 Å². The van der Waals surface area contributed by atoms with Gasteiger partial charge < -0.3 is 10.2 Å². The molecule has 0 saturated carbocycles. The summed E-state index contributed by atoms with van der Waals surface area (Å²) in [5.41, 5.74) is 0. The maximum atomic E-state index is 10.9. The Labute approximate surface area is 111 Å². The van der Waals surface area contributed by atoms with E-state index >= 15 is 0 Å². The highest BCUT2D eigenvalue weighted by Crippen LogP contribution is 1.98. The molecule has 0 aliphatic carbocycles. The number of unbranched alkanes of at least 4 members (excludes halogenated alkanes) is 1. The Balaban J connectivity index is 3.41. The van der Waals surface area contributed by atoms with Crippen molar-refractivity contribution in [2.45, 2.75) is 39.5 Å². The van der Waals surface area contributed by atoms with Crippen molar-refractivity contribution in [3.8, 4) is 0 Å². The average Bonchev–Trinajstić information content (AvgIpc) is 2.33. The van der Waals surface area contributed by atoms with E-state index < -0.39 is 0 Å². The van der Waals surface area contributed by atoms with Gasteiger partial charge in [0.25, 0.3) is 0 Å². The third kappa shape index (κ3) is 10.5. The van der Waals surface area contributed by atoms with E-state index in [2.05, 4.69) is 36.3 Å². The molecule has 0 bridgehead atoms. The number of Topliss-reactive ketones (excluding diaryl/α,β-unsaturated/α-hetero) is 1. The van der Waals surface area contributed by atoms with Crippen LogP contribution in [0.25, 0.3) is 0 Å². The van der Waals surface area contributed by atoms with Gasteiger partial charge in [-0.1, -0.05) is 26.1 Å². The molecule has 0 amide bonds. The van der Waals surface area contributed by atoms with E-state index in [0.717, 1.165) is 13.0 Å². The van der Waals surface area contributed by atoms with E-state index in [1.54, 1.807) is 0 Å². The van der Waals surface area contributed by atoms with E-state index in [9.17, 15) is 4.79 Å². The van der Waals surface area contributed by atoms with Crippen molar-refractivity contribution in [1.29, 1.82) is 0 Å². The summed E-state index contributed by atoms with van der Waals surface area (Å²) in [5, 5.41) is 4.31. The molecule has 100 valence electrons. The Bertz CT molecular complexity index is 204. The summed E-state index contributed by atoms with van der Waals surface area (Å²) in [6.45, 7) is 9.31. The second kappa shape index (κ2) is 12.1. The Morgan fingerprint density at radius 3 is 2.35 bits per heavy atom. The number of carbonyl (C=O) groups excluding carboxylic acids is 1. The lowest BCUT2D eigenvalue weighted by Gasteiger charge is -2.20. The van der Waals surface area contributed by atoms with Crippen molar-refractivity contribution in [3.63, 3.8) is 0 Å². The number of rotatable bonds is 12. The Kier molecular flexibility index (Phi) is 11.9. The number of hydrogen-bond acceptors (Lipinski definition) is 4. The molecule has 0 rings (SSSR count). The molecule has 0 aliphatic heterocycles. The molecule has 0 atom stereocenters. The molecule has 0 radical (unpaired) electrons. The molecule has 0 aromatic rings. The fourth-order valence-corrected chi connectivity index (χ4v) is 1.89. The Morgan fingerprint density at radius 1 is 1.18 bits per heavy atom. The minimum Gasteiger partial charge on any atom is -0.310 e. The summed E-state index contributed by atoms with van der Waals surface area (Å²) in [7, 11) is 0. The number of thiocarbonyl (C=S) groups is 1. The van der Waals surface area contributed by atoms with Crippen LogP contribution in [0.15, 0.2) is 0 Å². The van der Waals surface area contributed by atoms with Gasteiger partial charge in [0.05, 0.1) is 6.54 Å². The molecule has 0 aromatic heterocycles. The number of nitrogens with zero attached hydrogens (tertiary/aromatic N) is 1. The van der Waals surface area contributed by atoms with Gasteiger partial charge in [-0.15, -0.1) is 0 Å². The maximum absolute atomic E-state index is 10.9. The molecule has 0 fully saturated rings. The minimum absolute atomic E-state index is 0.00130. The number of ketones is 1. The first-order valence-electron chi connectivity index (χ1n) is 6.65. The lowest BCUT2D eigenvalue weighted by atomic mass is 10.2. The van der Waals surface area contributed by atoms with Crippen LogP contribution in [0.1, 0.15) is 39.5 Å². The van der Waals surface area contributed by atoms with Gasteiger partial charge in [0.2, 0.25) is 0 Å². The zero-order chi connectivity index (χ0) is 12.9.